The normalized spacial score (nSPS) is 10.7. The van der Waals surface area contributed by atoms with Crippen LogP contribution in [0.15, 0.2) is 30.9 Å². The van der Waals surface area contributed by atoms with Crippen LogP contribution in [-0.4, -0.2) is 19.5 Å². The van der Waals surface area contributed by atoms with Crippen molar-refractivity contribution >= 4 is 46.3 Å². The number of imidazole rings is 1. The maximum absolute atomic E-state index is 5.98. The van der Waals surface area contributed by atoms with Gasteiger partial charge in [-0.2, -0.15) is 0 Å². The number of fused-ring (bicyclic) bond motifs is 2. The number of halogens is 2. The fourth-order valence-electron chi connectivity index (χ4n) is 2.16. The summed E-state index contributed by atoms with van der Waals surface area (Å²) < 4.78 is 2.05. The van der Waals surface area contributed by atoms with Crippen LogP contribution in [0.1, 0.15) is 12.7 Å². The monoisotopic (exact) mass is 308 g/mol. The molecule has 1 aromatic carbocycles. The molecule has 0 spiro atoms. The van der Waals surface area contributed by atoms with Gasteiger partial charge < -0.3 is 4.57 Å². The number of aromatic nitrogens is 4. The minimum absolute atomic E-state index is 0. The van der Waals surface area contributed by atoms with Crippen molar-refractivity contribution in [1.29, 1.82) is 0 Å². The van der Waals surface area contributed by atoms with Crippen LogP contribution in [0.5, 0.6) is 0 Å². The fourth-order valence-corrected chi connectivity index (χ4v) is 2.33. The maximum Gasteiger partial charge on any atom is 0.198 e. The first-order valence-corrected chi connectivity index (χ1v) is 6.54. The molecule has 0 fully saturated rings. The van der Waals surface area contributed by atoms with E-state index < -0.39 is 0 Å². The molecular weight excluding hydrogens is 295 g/mol. The lowest BCUT2D eigenvalue weighted by molar-refractivity contribution is 0.763. The van der Waals surface area contributed by atoms with E-state index in [9.17, 15) is 0 Å². The van der Waals surface area contributed by atoms with Crippen molar-refractivity contribution in [3.8, 4) is 0 Å². The lowest BCUT2D eigenvalue weighted by Crippen LogP contribution is -2.02. The first kappa shape index (κ1) is 14.8. The third-order valence-electron chi connectivity index (χ3n) is 3.02. The predicted octanol–water partition coefficient (Wildman–Crippen LogP) is 3.80. The Morgan fingerprint density at radius 2 is 2.05 bits per heavy atom. The molecule has 0 aliphatic heterocycles. The number of allylic oxidation sites excluding steroid dienone is 1. The van der Waals surface area contributed by atoms with Gasteiger partial charge in [0.2, 0.25) is 0 Å². The molecular formula is C14H14Cl2N4. The Labute approximate surface area is 127 Å². The quantitative estimate of drug-likeness (QED) is 0.691. The van der Waals surface area contributed by atoms with Crippen LogP contribution in [0.2, 0.25) is 5.02 Å². The summed E-state index contributed by atoms with van der Waals surface area (Å²) >= 11 is 5.98. The second kappa shape index (κ2) is 5.77. The second-order valence-electron chi connectivity index (χ2n) is 4.28. The highest BCUT2D eigenvalue weighted by Gasteiger charge is 2.12. The van der Waals surface area contributed by atoms with Crippen molar-refractivity contribution in [3.63, 3.8) is 0 Å². The van der Waals surface area contributed by atoms with Gasteiger partial charge in [-0.1, -0.05) is 24.6 Å². The molecule has 20 heavy (non-hydrogen) atoms. The largest absolute Gasteiger partial charge is 0.307 e. The van der Waals surface area contributed by atoms with Gasteiger partial charge in [0.15, 0.2) is 11.3 Å². The third-order valence-corrected chi connectivity index (χ3v) is 3.26. The number of rotatable bonds is 3. The molecule has 3 aromatic rings. The molecule has 2 heterocycles. The molecule has 3 rings (SSSR count). The van der Waals surface area contributed by atoms with Gasteiger partial charge in [0.25, 0.3) is 0 Å². The van der Waals surface area contributed by atoms with Crippen LogP contribution >= 0.6 is 24.0 Å². The first-order valence-electron chi connectivity index (χ1n) is 6.16. The van der Waals surface area contributed by atoms with Gasteiger partial charge >= 0.3 is 0 Å². The van der Waals surface area contributed by atoms with Crippen molar-refractivity contribution in [2.24, 2.45) is 0 Å². The fraction of sp³-hybridized carbons (Fsp3) is 0.214. The Bertz CT molecular complexity index is 780. The molecule has 4 nitrogen and oxygen atoms in total. The lowest BCUT2D eigenvalue weighted by Gasteiger charge is -2.03. The zero-order valence-corrected chi connectivity index (χ0v) is 12.6. The van der Waals surface area contributed by atoms with Gasteiger partial charge in [-0.05, 0) is 18.2 Å². The summed E-state index contributed by atoms with van der Waals surface area (Å²) in [6.07, 6.45) is 2.68. The van der Waals surface area contributed by atoms with Gasteiger partial charge in [0.05, 0.1) is 11.0 Å². The first-order chi connectivity index (χ1) is 9.22. The van der Waals surface area contributed by atoms with E-state index in [0.717, 1.165) is 28.9 Å². The zero-order valence-electron chi connectivity index (χ0n) is 11.0. The Morgan fingerprint density at radius 1 is 1.25 bits per heavy atom. The van der Waals surface area contributed by atoms with E-state index in [2.05, 4.69) is 28.5 Å². The van der Waals surface area contributed by atoms with Gasteiger partial charge in [-0.25, -0.2) is 15.0 Å². The van der Waals surface area contributed by atoms with Crippen molar-refractivity contribution in [1.82, 2.24) is 19.5 Å². The van der Waals surface area contributed by atoms with E-state index in [1.807, 2.05) is 28.8 Å². The standard InChI is InChI=1S/C14H13ClN4.ClH/c1-3-7-19-12(4-2)18-13-14(19)17-10-6-5-9(15)8-11(10)16-13;/h3,5-6,8H,1,4,7H2,2H3;1H. The number of benzene rings is 1. The summed E-state index contributed by atoms with van der Waals surface area (Å²) in [7, 11) is 0. The van der Waals surface area contributed by atoms with Crippen molar-refractivity contribution in [2.45, 2.75) is 19.9 Å². The Balaban J connectivity index is 0.00000147. The maximum atomic E-state index is 5.98. The van der Waals surface area contributed by atoms with Gasteiger partial charge in [0.1, 0.15) is 5.82 Å². The number of aryl methyl sites for hydroxylation is 1. The Morgan fingerprint density at radius 3 is 2.75 bits per heavy atom. The second-order valence-corrected chi connectivity index (χ2v) is 4.72. The minimum Gasteiger partial charge on any atom is -0.307 e. The smallest absolute Gasteiger partial charge is 0.198 e. The summed E-state index contributed by atoms with van der Waals surface area (Å²) in [5.74, 6) is 0.969. The van der Waals surface area contributed by atoms with Crippen molar-refractivity contribution < 1.29 is 0 Å². The number of hydrogen-bond acceptors (Lipinski definition) is 3. The summed E-state index contributed by atoms with van der Waals surface area (Å²) in [5, 5.41) is 0.655. The summed E-state index contributed by atoms with van der Waals surface area (Å²) in [4.78, 5) is 13.7. The Hall–Kier alpha value is -1.65. The van der Waals surface area contributed by atoms with E-state index in [-0.39, 0.29) is 12.4 Å². The minimum atomic E-state index is 0. The molecule has 2 aromatic heterocycles. The Kier molecular flexibility index (Phi) is 4.26. The van der Waals surface area contributed by atoms with Gasteiger partial charge in [0, 0.05) is 18.0 Å². The molecule has 0 amide bonds. The third kappa shape index (κ3) is 2.37. The topological polar surface area (TPSA) is 43.6 Å². The average Bonchev–Trinajstić information content (AvgIpc) is 2.74. The van der Waals surface area contributed by atoms with E-state index >= 15 is 0 Å². The molecule has 104 valence electrons. The van der Waals surface area contributed by atoms with Crippen molar-refractivity contribution in [2.75, 3.05) is 0 Å². The van der Waals surface area contributed by atoms with E-state index in [4.69, 9.17) is 11.6 Å². The average molecular weight is 309 g/mol. The van der Waals surface area contributed by atoms with Gasteiger partial charge in [-0.3, -0.25) is 0 Å². The molecule has 0 atom stereocenters. The summed E-state index contributed by atoms with van der Waals surface area (Å²) in [6, 6.07) is 5.50. The molecule has 0 aliphatic rings. The van der Waals surface area contributed by atoms with E-state index in [1.54, 1.807) is 0 Å². The molecule has 0 N–H and O–H groups in total. The zero-order chi connectivity index (χ0) is 13.4. The van der Waals surface area contributed by atoms with Crippen LogP contribution in [-0.2, 0) is 13.0 Å². The highest BCUT2D eigenvalue weighted by molar-refractivity contribution is 6.31. The van der Waals surface area contributed by atoms with Crippen LogP contribution in [0, 0.1) is 0 Å². The lowest BCUT2D eigenvalue weighted by atomic mass is 10.3. The van der Waals surface area contributed by atoms with Crippen LogP contribution in [0.3, 0.4) is 0 Å². The molecule has 0 saturated heterocycles. The molecule has 0 unspecified atom stereocenters. The summed E-state index contributed by atoms with van der Waals surface area (Å²) in [6.45, 7) is 6.53. The molecule has 0 bridgehead atoms. The van der Waals surface area contributed by atoms with Crippen LogP contribution < -0.4 is 0 Å². The van der Waals surface area contributed by atoms with Gasteiger partial charge in [-0.15, -0.1) is 19.0 Å². The highest BCUT2D eigenvalue weighted by Crippen LogP contribution is 2.20. The van der Waals surface area contributed by atoms with Crippen LogP contribution in [0.4, 0.5) is 0 Å². The van der Waals surface area contributed by atoms with Crippen molar-refractivity contribution in [3.05, 3.63) is 41.7 Å². The molecule has 6 heteroatoms. The molecule has 0 saturated carbocycles. The highest BCUT2D eigenvalue weighted by atomic mass is 35.5. The predicted molar refractivity (Wildman–Crippen MR) is 84.7 cm³/mol. The van der Waals surface area contributed by atoms with E-state index in [1.165, 1.54) is 0 Å². The van der Waals surface area contributed by atoms with E-state index in [0.29, 0.717) is 17.2 Å². The number of hydrogen-bond donors (Lipinski definition) is 0. The molecule has 0 aliphatic carbocycles. The SMILES string of the molecule is C=CCn1c(CC)nc2nc3cc(Cl)ccc3nc21.Cl. The van der Waals surface area contributed by atoms with Crippen LogP contribution in [0.25, 0.3) is 22.3 Å². The number of nitrogens with zero attached hydrogens (tertiary/aromatic N) is 4. The molecule has 0 radical (unpaired) electrons. The summed E-state index contributed by atoms with van der Waals surface area (Å²) in [5.41, 5.74) is 3.05.